The minimum atomic E-state index is -0.498. The van der Waals surface area contributed by atoms with E-state index in [2.05, 4.69) is 26.0 Å². The van der Waals surface area contributed by atoms with Crippen LogP contribution in [0.4, 0.5) is 0 Å². The van der Waals surface area contributed by atoms with Gasteiger partial charge < -0.3 is 9.47 Å². The second kappa shape index (κ2) is 8.59. The minimum absolute atomic E-state index is 0.265. The Morgan fingerprint density at radius 3 is 2.81 bits per heavy atom. The van der Waals surface area contributed by atoms with Crippen molar-refractivity contribution in [2.24, 2.45) is 0 Å². The maximum absolute atomic E-state index is 12.9. The highest BCUT2D eigenvalue weighted by atomic mass is 79.9. The monoisotopic (exact) mass is 429 g/mol. The van der Waals surface area contributed by atoms with Crippen molar-refractivity contribution in [3.63, 3.8) is 0 Å². The van der Waals surface area contributed by atoms with E-state index in [1.165, 1.54) is 10.9 Å². The zero-order chi connectivity index (χ0) is 19.2. The Morgan fingerprint density at radius 2 is 2.07 bits per heavy atom. The van der Waals surface area contributed by atoms with Crippen molar-refractivity contribution in [1.29, 1.82) is 0 Å². The smallest absolute Gasteiger partial charge is 0.344 e. The van der Waals surface area contributed by atoms with Crippen LogP contribution in [-0.2, 0) is 9.53 Å². The molecule has 0 aliphatic rings. The predicted octanol–water partition coefficient (Wildman–Crippen LogP) is 3.20. The second-order valence-corrected chi connectivity index (χ2v) is 6.34. The molecule has 0 spiro atoms. The van der Waals surface area contributed by atoms with Gasteiger partial charge in [0.25, 0.3) is 0 Å². The lowest BCUT2D eigenvalue weighted by molar-refractivity contribution is -0.145. The molecule has 0 atom stereocenters. The number of carbonyl (C=O) groups is 2. The molecule has 0 unspecified atom stereocenters. The fourth-order valence-electron chi connectivity index (χ4n) is 2.35. The van der Waals surface area contributed by atoms with Gasteiger partial charge in [-0.2, -0.15) is 5.10 Å². The van der Waals surface area contributed by atoms with Crippen LogP contribution in [0.3, 0.4) is 0 Å². The molecule has 0 fully saturated rings. The van der Waals surface area contributed by atoms with Crippen LogP contribution in [0.5, 0.6) is 5.75 Å². The number of pyridine rings is 1. The average molecular weight is 430 g/mol. The molecule has 3 aromatic rings. The van der Waals surface area contributed by atoms with Gasteiger partial charge >= 0.3 is 5.97 Å². The van der Waals surface area contributed by atoms with Crippen molar-refractivity contribution >= 4 is 27.7 Å². The highest BCUT2D eigenvalue weighted by Crippen LogP contribution is 2.26. The van der Waals surface area contributed by atoms with Crippen molar-refractivity contribution in [2.75, 3.05) is 13.2 Å². The first kappa shape index (κ1) is 18.8. The molecule has 0 aliphatic heterocycles. The van der Waals surface area contributed by atoms with Crippen LogP contribution in [0.25, 0.3) is 5.82 Å². The second-order valence-electron chi connectivity index (χ2n) is 5.42. The van der Waals surface area contributed by atoms with Gasteiger partial charge in [0.2, 0.25) is 0 Å². The topological polar surface area (TPSA) is 83.3 Å². The summed E-state index contributed by atoms with van der Waals surface area (Å²) in [5, 5.41) is 4.19. The number of esters is 1. The summed E-state index contributed by atoms with van der Waals surface area (Å²) in [4.78, 5) is 28.7. The molecule has 138 valence electrons. The van der Waals surface area contributed by atoms with Gasteiger partial charge in [-0.25, -0.2) is 14.5 Å². The van der Waals surface area contributed by atoms with Crippen LogP contribution in [-0.4, -0.2) is 39.7 Å². The summed E-state index contributed by atoms with van der Waals surface area (Å²) in [7, 11) is 0. The summed E-state index contributed by atoms with van der Waals surface area (Å²) in [6.07, 6.45) is 4.71. The molecule has 1 aromatic carbocycles. The summed E-state index contributed by atoms with van der Waals surface area (Å²) < 4.78 is 12.6. The normalized spacial score (nSPS) is 10.4. The molecular weight excluding hydrogens is 414 g/mol. The van der Waals surface area contributed by atoms with Gasteiger partial charge in [-0.15, -0.1) is 0 Å². The van der Waals surface area contributed by atoms with Crippen molar-refractivity contribution in [1.82, 2.24) is 14.8 Å². The molecular formula is C19H16BrN3O4. The van der Waals surface area contributed by atoms with E-state index in [-0.39, 0.29) is 19.0 Å². The van der Waals surface area contributed by atoms with Crippen LogP contribution in [0.1, 0.15) is 22.8 Å². The van der Waals surface area contributed by atoms with Crippen molar-refractivity contribution in [3.8, 4) is 11.6 Å². The SMILES string of the molecule is CCOC(=O)COc1ccc(Br)cc1C(=O)c1cnn(-c2ccccn2)c1. The van der Waals surface area contributed by atoms with Crippen molar-refractivity contribution in [3.05, 3.63) is 70.6 Å². The molecule has 8 heteroatoms. The Labute approximate surface area is 164 Å². The van der Waals surface area contributed by atoms with E-state index in [0.717, 1.165) is 0 Å². The van der Waals surface area contributed by atoms with Crippen LogP contribution in [0.15, 0.2) is 59.5 Å². The van der Waals surface area contributed by atoms with Gasteiger partial charge in [0.15, 0.2) is 18.2 Å². The highest BCUT2D eigenvalue weighted by Gasteiger charge is 2.18. The van der Waals surface area contributed by atoms with Gasteiger partial charge in [-0.1, -0.05) is 22.0 Å². The van der Waals surface area contributed by atoms with E-state index in [0.29, 0.717) is 27.2 Å². The summed E-state index contributed by atoms with van der Waals surface area (Å²) in [5.41, 5.74) is 0.689. The summed E-state index contributed by atoms with van der Waals surface area (Å²) >= 11 is 3.35. The first-order valence-corrected chi connectivity index (χ1v) is 8.96. The van der Waals surface area contributed by atoms with Gasteiger partial charge in [-0.05, 0) is 37.3 Å². The van der Waals surface area contributed by atoms with Crippen LogP contribution < -0.4 is 4.74 Å². The number of rotatable bonds is 7. The number of ether oxygens (including phenoxy) is 2. The largest absolute Gasteiger partial charge is 0.481 e. The lowest BCUT2D eigenvalue weighted by atomic mass is 10.1. The third-order valence-corrected chi connectivity index (χ3v) is 4.06. The third-order valence-electron chi connectivity index (χ3n) is 3.57. The molecule has 7 nitrogen and oxygen atoms in total. The molecule has 0 radical (unpaired) electrons. The van der Waals surface area contributed by atoms with Crippen LogP contribution in [0, 0.1) is 0 Å². The number of halogens is 1. The lowest BCUT2D eigenvalue weighted by Crippen LogP contribution is -2.16. The molecule has 0 aliphatic carbocycles. The molecule has 2 aromatic heterocycles. The summed E-state index contributed by atoms with van der Waals surface area (Å²) in [5.74, 6) is 0.116. The van der Waals surface area contributed by atoms with Gasteiger partial charge in [-0.3, -0.25) is 4.79 Å². The van der Waals surface area contributed by atoms with E-state index < -0.39 is 5.97 Å². The first-order valence-electron chi connectivity index (χ1n) is 8.17. The molecule has 0 bridgehead atoms. The number of ketones is 1. The number of nitrogens with zero attached hydrogens (tertiary/aromatic N) is 3. The molecule has 0 saturated heterocycles. The number of benzene rings is 1. The Morgan fingerprint density at radius 1 is 1.22 bits per heavy atom. The molecule has 0 saturated carbocycles. The Bertz CT molecular complexity index is 957. The molecule has 3 rings (SSSR count). The summed E-state index contributed by atoms with van der Waals surface area (Å²) in [6, 6.07) is 10.4. The van der Waals surface area contributed by atoms with E-state index in [9.17, 15) is 9.59 Å². The summed E-state index contributed by atoms with van der Waals surface area (Å²) in [6.45, 7) is 1.70. The minimum Gasteiger partial charge on any atom is -0.481 e. The molecule has 27 heavy (non-hydrogen) atoms. The fraction of sp³-hybridized carbons (Fsp3) is 0.158. The highest BCUT2D eigenvalue weighted by molar-refractivity contribution is 9.10. The molecule has 0 amide bonds. The Kier molecular flexibility index (Phi) is 5.97. The van der Waals surface area contributed by atoms with Gasteiger partial charge in [0.1, 0.15) is 5.75 Å². The number of aromatic nitrogens is 3. The van der Waals surface area contributed by atoms with Crippen LogP contribution in [0.2, 0.25) is 0 Å². The van der Waals surface area contributed by atoms with E-state index in [1.807, 2.05) is 6.07 Å². The third kappa shape index (κ3) is 4.59. The maximum Gasteiger partial charge on any atom is 0.344 e. The van der Waals surface area contributed by atoms with E-state index in [1.54, 1.807) is 49.6 Å². The zero-order valence-corrected chi connectivity index (χ0v) is 16.0. The number of carbonyl (C=O) groups excluding carboxylic acids is 2. The number of hydrogen-bond donors (Lipinski definition) is 0. The van der Waals surface area contributed by atoms with Gasteiger partial charge in [0, 0.05) is 16.9 Å². The lowest BCUT2D eigenvalue weighted by Gasteiger charge is -2.10. The zero-order valence-electron chi connectivity index (χ0n) is 14.5. The maximum atomic E-state index is 12.9. The standard InChI is InChI=1S/C19H16BrN3O4/c1-2-26-18(24)12-27-16-7-6-14(20)9-15(16)19(25)13-10-22-23(11-13)17-5-3-4-8-21-17/h3-11H,2,12H2,1H3. The van der Waals surface area contributed by atoms with Crippen molar-refractivity contribution in [2.45, 2.75) is 6.92 Å². The quantitative estimate of drug-likeness (QED) is 0.423. The fourth-order valence-corrected chi connectivity index (χ4v) is 2.72. The molecule has 2 heterocycles. The predicted molar refractivity (Wildman–Crippen MR) is 101 cm³/mol. The van der Waals surface area contributed by atoms with E-state index in [4.69, 9.17) is 9.47 Å². The van der Waals surface area contributed by atoms with Crippen molar-refractivity contribution < 1.29 is 19.1 Å². The van der Waals surface area contributed by atoms with E-state index >= 15 is 0 Å². The Hall–Kier alpha value is -3.00. The first-order chi connectivity index (χ1) is 13.1. The number of hydrogen-bond acceptors (Lipinski definition) is 6. The molecule has 0 N–H and O–H groups in total. The Balaban J connectivity index is 1.85. The average Bonchev–Trinajstić information content (AvgIpc) is 3.17. The van der Waals surface area contributed by atoms with Crippen LogP contribution >= 0.6 is 15.9 Å². The van der Waals surface area contributed by atoms with Gasteiger partial charge in [0.05, 0.1) is 23.9 Å².